The molecule has 0 aromatic heterocycles. The monoisotopic (exact) mass is 1050 g/mol. The number of rotatable bonds is 38. The van der Waals surface area contributed by atoms with Gasteiger partial charge in [-0.05, 0) is 76.8 Å². The van der Waals surface area contributed by atoms with Crippen molar-refractivity contribution >= 4 is 71.0 Å². The minimum atomic E-state index is -1.73. The lowest BCUT2D eigenvalue weighted by molar-refractivity contribution is -0.143. The standard InChI is InChI=1S/C44H79N13O16/c1-6-22(3)34(42(70)52-27(13-9-11-17-46)38(66)53-28(44(72)73)14-15-31(48)60)56-39(67)26(12-8-10-16-45)51-32(61)19-49-36(64)24(5)50-41(69)30(21-59)55-43(71)35(23(4)7-2)57-40(68)29(18-33(62)63)54-37(65)25(47)20-58/h22-30,34-35,58-59H,6-21,45-47H2,1-5H3,(H2,48,60)(H,49,64)(H,50,69)(H,51,61)(H,52,70)(H,53,66)(H,54,65)(H,55,71)(H,56,67)(H,57,68)(H,62,63)(H,72,73)/t22-,23-,24-,25-,26-,27-,28-,29-,30-,34-,35-/m0/s1. The molecule has 0 rings (SSSR count). The van der Waals surface area contributed by atoms with Gasteiger partial charge in [0, 0.05) is 6.42 Å². The Balaban J connectivity index is 6.01. The van der Waals surface area contributed by atoms with Gasteiger partial charge in [-0.3, -0.25) is 52.7 Å². The van der Waals surface area contributed by atoms with Gasteiger partial charge in [-0.1, -0.05) is 40.5 Å². The normalized spacial score (nSPS) is 15.5. The first-order valence-corrected chi connectivity index (χ1v) is 24.1. The molecule has 0 saturated heterocycles. The number of amides is 10. The van der Waals surface area contributed by atoms with Crippen LogP contribution >= 0.6 is 0 Å². The van der Waals surface area contributed by atoms with Gasteiger partial charge in [-0.15, -0.1) is 0 Å². The highest BCUT2D eigenvalue weighted by Gasteiger charge is 2.36. The maximum absolute atomic E-state index is 13.8. The number of nitrogens with two attached hydrogens (primary N) is 4. The molecule has 29 heteroatoms. The largest absolute Gasteiger partial charge is 0.481 e. The van der Waals surface area contributed by atoms with Crippen LogP contribution in [0.15, 0.2) is 0 Å². The lowest BCUT2D eigenvalue weighted by Gasteiger charge is -2.29. The Kier molecular flexibility index (Phi) is 32.3. The van der Waals surface area contributed by atoms with E-state index in [9.17, 15) is 72.9 Å². The highest BCUT2D eigenvalue weighted by Crippen LogP contribution is 2.13. The van der Waals surface area contributed by atoms with Crippen LogP contribution < -0.4 is 70.8 Å². The molecule has 0 aromatic rings. The lowest BCUT2D eigenvalue weighted by Crippen LogP contribution is -2.61. The number of hydrogen-bond donors (Lipinski definition) is 17. The van der Waals surface area contributed by atoms with Gasteiger partial charge in [0.15, 0.2) is 0 Å². The molecule has 0 aliphatic rings. The molecular formula is C44H79N13O16. The molecule has 0 aliphatic carbocycles. The summed E-state index contributed by atoms with van der Waals surface area (Å²) in [4.78, 5) is 154. The van der Waals surface area contributed by atoms with Gasteiger partial charge in [0.05, 0.1) is 26.2 Å². The van der Waals surface area contributed by atoms with Gasteiger partial charge in [0.2, 0.25) is 59.1 Å². The lowest BCUT2D eigenvalue weighted by atomic mass is 9.96. The fraction of sp³-hybridized carbons (Fsp3) is 0.727. The molecule has 21 N–H and O–H groups in total. The van der Waals surface area contributed by atoms with Gasteiger partial charge < -0.3 is 91.2 Å². The molecule has 29 nitrogen and oxygen atoms in total. The van der Waals surface area contributed by atoms with E-state index >= 15 is 0 Å². The summed E-state index contributed by atoms with van der Waals surface area (Å²) < 4.78 is 0. The SMILES string of the molecule is CC[C@H](C)[C@H](NC(=O)[C@H](CC(=O)O)NC(=O)[C@@H](N)CO)C(=O)N[C@@H](CO)C(=O)N[C@@H](C)C(=O)NCC(=O)N[C@@H](CCCCN)C(=O)N[C@H](C(=O)N[C@@H](CCCCN)C(=O)N[C@@H](CCC(N)=O)C(=O)O)[C@@H](C)CC. The van der Waals surface area contributed by atoms with E-state index in [1.807, 2.05) is 0 Å². The number of carbonyl (C=O) groups is 12. The smallest absolute Gasteiger partial charge is 0.326 e. The second-order valence-electron chi connectivity index (χ2n) is 17.5. The zero-order chi connectivity index (χ0) is 56.0. The number of aliphatic hydroxyl groups is 2. The Labute approximate surface area is 423 Å². The van der Waals surface area contributed by atoms with Crippen molar-refractivity contribution in [2.75, 3.05) is 32.8 Å². The predicted octanol–water partition coefficient (Wildman–Crippen LogP) is -6.51. The molecule has 73 heavy (non-hydrogen) atoms. The van der Waals surface area contributed by atoms with Gasteiger partial charge in [-0.2, -0.15) is 0 Å². The molecule has 0 spiro atoms. The predicted molar refractivity (Wildman–Crippen MR) is 259 cm³/mol. The van der Waals surface area contributed by atoms with Crippen LogP contribution in [0.4, 0.5) is 0 Å². The molecule has 0 fully saturated rings. The summed E-state index contributed by atoms with van der Waals surface area (Å²) in [5.74, 6) is -13.4. The van der Waals surface area contributed by atoms with Crippen LogP contribution in [0.5, 0.6) is 0 Å². The number of carboxylic acid groups (broad SMARTS) is 2. The van der Waals surface area contributed by atoms with E-state index in [4.69, 9.17) is 28.0 Å². The molecular weight excluding hydrogens is 967 g/mol. The number of aliphatic hydroxyl groups excluding tert-OH is 2. The van der Waals surface area contributed by atoms with Crippen LogP contribution in [0.3, 0.4) is 0 Å². The molecule has 0 aliphatic heterocycles. The molecule has 0 saturated carbocycles. The summed E-state index contributed by atoms with van der Waals surface area (Å²) in [6.45, 7) is 5.76. The Morgan fingerprint density at radius 3 is 1.37 bits per heavy atom. The summed E-state index contributed by atoms with van der Waals surface area (Å²) in [6.07, 6.45) is 0.701. The Morgan fingerprint density at radius 1 is 0.493 bits per heavy atom. The van der Waals surface area contributed by atoms with Crippen molar-refractivity contribution in [1.82, 2.24) is 47.9 Å². The minimum absolute atomic E-state index is 0.0324. The second-order valence-corrected chi connectivity index (χ2v) is 17.5. The van der Waals surface area contributed by atoms with E-state index in [1.54, 1.807) is 27.7 Å². The Morgan fingerprint density at radius 2 is 0.932 bits per heavy atom. The third-order valence-corrected chi connectivity index (χ3v) is 11.6. The summed E-state index contributed by atoms with van der Waals surface area (Å²) in [6, 6.07) is -13.1. The van der Waals surface area contributed by atoms with Crippen molar-refractivity contribution in [3.8, 4) is 0 Å². The minimum Gasteiger partial charge on any atom is -0.481 e. The van der Waals surface area contributed by atoms with Crippen LogP contribution in [0, 0.1) is 11.8 Å². The van der Waals surface area contributed by atoms with Crippen molar-refractivity contribution in [3.63, 3.8) is 0 Å². The van der Waals surface area contributed by atoms with E-state index in [1.165, 1.54) is 6.92 Å². The van der Waals surface area contributed by atoms with Crippen LogP contribution in [0.25, 0.3) is 0 Å². The van der Waals surface area contributed by atoms with Crippen LogP contribution in [-0.4, -0.2) is 179 Å². The average Bonchev–Trinajstić information content (AvgIpc) is 3.34. The Hall–Kier alpha value is -6.56. The van der Waals surface area contributed by atoms with Crippen LogP contribution in [0.2, 0.25) is 0 Å². The second kappa shape index (κ2) is 35.5. The van der Waals surface area contributed by atoms with Crippen molar-refractivity contribution in [2.45, 2.75) is 160 Å². The van der Waals surface area contributed by atoms with E-state index < -0.39 is 163 Å². The number of primary amides is 1. The zero-order valence-electron chi connectivity index (χ0n) is 42.2. The molecule has 0 aromatic carbocycles. The first kappa shape index (κ1) is 66.4. The molecule has 11 atom stereocenters. The molecule has 0 radical (unpaired) electrons. The topological polar surface area (TPSA) is 498 Å². The van der Waals surface area contributed by atoms with E-state index in [-0.39, 0.29) is 45.2 Å². The van der Waals surface area contributed by atoms with Gasteiger partial charge >= 0.3 is 11.9 Å². The number of carbonyl (C=O) groups excluding carboxylic acids is 10. The average molecular weight is 1050 g/mol. The summed E-state index contributed by atoms with van der Waals surface area (Å²) in [7, 11) is 0. The molecule has 0 heterocycles. The zero-order valence-corrected chi connectivity index (χ0v) is 42.2. The summed E-state index contributed by atoms with van der Waals surface area (Å²) in [5, 5.41) is 59.5. The van der Waals surface area contributed by atoms with Crippen molar-refractivity contribution in [2.24, 2.45) is 34.8 Å². The highest BCUT2D eigenvalue weighted by atomic mass is 16.4. The third-order valence-electron chi connectivity index (χ3n) is 11.6. The Bertz CT molecular complexity index is 1880. The number of aliphatic carboxylic acids is 2. The number of nitrogens with one attached hydrogen (secondary N) is 9. The van der Waals surface area contributed by atoms with E-state index in [2.05, 4.69) is 47.9 Å². The van der Waals surface area contributed by atoms with Crippen molar-refractivity contribution in [3.05, 3.63) is 0 Å². The van der Waals surface area contributed by atoms with E-state index in [0.717, 1.165) is 0 Å². The summed E-state index contributed by atoms with van der Waals surface area (Å²) in [5.41, 5.74) is 21.9. The van der Waals surface area contributed by atoms with Crippen molar-refractivity contribution < 1.29 is 78.0 Å². The fourth-order valence-electron chi connectivity index (χ4n) is 6.66. The van der Waals surface area contributed by atoms with Crippen LogP contribution in [-0.2, 0) is 57.5 Å². The molecule has 416 valence electrons. The first-order valence-electron chi connectivity index (χ1n) is 24.1. The summed E-state index contributed by atoms with van der Waals surface area (Å²) >= 11 is 0. The van der Waals surface area contributed by atoms with Crippen LogP contribution in [0.1, 0.15) is 105 Å². The fourth-order valence-corrected chi connectivity index (χ4v) is 6.66. The number of hydrogen-bond acceptors (Lipinski definition) is 17. The van der Waals surface area contributed by atoms with Gasteiger partial charge in [0.25, 0.3) is 0 Å². The van der Waals surface area contributed by atoms with Crippen molar-refractivity contribution in [1.29, 1.82) is 0 Å². The van der Waals surface area contributed by atoms with E-state index in [0.29, 0.717) is 32.1 Å². The molecule has 10 amide bonds. The maximum atomic E-state index is 13.8. The maximum Gasteiger partial charge on any atom is 0.326 e. The van der Waals surface area contributed by atoms with Gasteiger partial charge in [-0.25, -0.2) is 4.79 Å². The van der Waals surface area contributed by atoms with Gasteiger partial charge in [0.1, 0.15) is 54.4 Å². The molecule has 0 unspecified atom stereocenters. The highest BCUT2D eigenvalue weighted by molar-refractivity contribution is 5.98. The number of carboxylic acids is 2. The third kappa shape index (κ3) is 25.6. The molecule has 0 bridgehead atoms. The number of unbranched alkanes of at least 4 members (excludes halogenated alkanes) is 2. The quantitative estimate of drug-likeness (QED) is 0.0256. The first-order chi connectivity index (χ1) is 34.3.